The van der Waals surface area contributed by atoms with E-state index in [0.29, 0.717) is 6.54 Å². The van der Waals surface area contributed by atoms with Gasteiger partial charge in [-0.1, -0.05) is 24.3 Å². The van der Waals surface area contributed by atoms with E-state index in [-0.39, 0.29) is 11.3 Å². The minimum atomic E-state index is -0.372. The number of hydrogen-bond acceptors (Lipinski definition) is 2. The van der Waals surface area contributed by atoms with E-state index in [2.05, 4.69) is 34.9 Å². The zero-order chi connectivity index (χ0) is 13.9. The average Bonchev–Trinajstić information content (AvgIpc) is 3.22. The molecule has 1 amide bonds. The molecule has 1 fully saturated rings. The number of rotatable bonds is 6. The van der Waals surface area contributed by atoms with Gasteiger partial charge in [0.25, 0.3) is 0 Å². The molecule has 0 atom stereocenters. The molecule has 3 nitrogen and oxygen atoms in total. The van der Waals surface area contributed by atoms with Crippen molar-refractivity contribution in [1.29, 1.82) is 0 Å². The maximum Gasteiger partial charge on any atom is 0.226 e. The van der Waals surface area contributed by atoms with Crippen LogP contribution in [0.1, 0.15) is 43.7 Å². The van der Waals surface area contributed by atoms with Crippen molar-refractivity contribution < 1.29 is 4.79 Å². The minimum Gasteiger partial charge on any atom is -0.359 e. The van der Waals surface area contributed by atoms with Crippen LogP contribution in [0, 0.1) is 5.41 Å². The largest absolute Gasteiger partial charge is 0.359 e. The summed E-state index contributed by atoms with van der Waals surface area (Å²) in [5.74, 6) is 0.848. The second-order valence-electron chi connectivity index (χ2n) is 6.04. The summed E-state index contributed by atoms with van der Waals surface area (Å²) in [6.45, 7) is 5.45. The van der Waals surface area contributed by atoms with Crippen molar-refractivity contribution in [3.63, 3.8) is 0 Å². The van der Waals surface area contributed by atoms with Crippen LogP contribution in [0.2, 0.25) is 0 Å². The fraction of sp³-hybridized carbons (Fsp3) is 0.562. The third kappa shape index (κ3) is 3.57. The smallest absolute Gasteiger partial charge is 0.226 e. The van der Waals surface area contributed by atoms with Crippen LogP contribution in [-0.2, 0) is 11.3 Å². The van der Waals surface area contributed by atoms with Crippen LogP contribution < -0.4 is 10.6 Å². The summed E-state index contributed by atoms with van der Waals surface area (Å²) in [4.78, 5) is 11.7. The highest BCUT2D eigenvalue weighted by atomic mass is 16.2. The Bertz CT molecular complexity index is 450. The second kappa shape index (κ2) is 5.74. The summed E-state index contributed by atoms with van der Waals surface area (Å²) < 4.78 is 0. The zero-order valence-corrected chi connectivity index (χ0v) is 12.1. The molecule has 2 N–H and O–H groups in total. The lowest BCUT2D eigenvalue weighted by molar-refractivity contribution is -0.128. The number of nitrogens with one attached hydrogen (secondary N) is 2. The first kappa shape index (κ1) is 14.1. The summed E-state index contributed by atoms with van der Waals surface area (Å²) in [7, 11) is 1.69. The van der Waals surface area contributed by atoms with E-state index >= 15 is 0 Å². The molecular formula is C16H24N2O. The lowest BCUT2D eigenvalue weighted by Gasteiger charge is -2.23. The van der Waals surface area contributed by atoms with Gasteiger partial charge in [0.15, 0.2) is 0 Å². The molecule has 1 aliphatic rings. The predicted molar refractivity (Wildman–Crippen MR) is 78.0 cm³/mol. The number of carbonyl (C=O) groups excluding carboxylic acids is 1. The number of amides is 1. The Morgan fingerprint density at radius 3 is 2.63 bits per heavy atom. The van der Waals surface area contributed by atoms with Gasteiger partial charge in [-0.15, -0.1) is 0 Å². The zero-order valence-electron chi connectivity index (χ0n) is 12.1. The van der Waals surface area contributed by atoms with Crippen LogP contribution in [-0.4, -0.2) is 19.5 Å². The van der Waals surface area contributed by atoms with Gasteiger partial charge < -0.3 is 10.6 Å². The van der Waals surface area contributed by atoms with E-state index in [1.807, 2.05) is 13.8 Å². The first-order valence-electron chi connectivity index (χ1n) is 7.05. The molecule has 1 saturated carbocycles. The van der Waals surface area contributed by atoms with Crippen molar-refractivity contribution in [2.24, 2.45) is 5.41 Å². The van der Waals surface area contributed by atoms with Gasteiger partial charge in [0.2, 0.25) is 5.91 Å². The highest BCUT2D eigenvalue weighted by Gasteiger charge is 2.27. The predicted octanol–water partition coefficient (Wildman–Crippen LogP) is 2.43. The van der Waals surface area contributed by atoms with Crippen LogP contribution in [0.4, 0.5) is 0 Å². The van der Waals surface area contributed by atoms with Crippen molar-refractivity contribution in [3.8, 4) is 0 Å². The van der Waals surface area contributed by atoms with E-state index < -0.39 is 0 Å². The summed E-state index contributed by atoms with van der Waals surface area (Å²) in [6, 6.07) is 8.63. The van der Waals surface area contributed by atoms with E-state index in [1.165, 1.54) is 24.0 Å². The van der Waals surface area contributed by atoms with Crippen LogP contribution in [0.5, 0.6) is 0 Å². The van der Waals surface area contributed by atoms with Crippen LogP contribution >= 0.6 is 0 Å². The van der Waals surface area contributed by atoms with Gasteiger partial charge in [-0.05, 0) is 43.7 Å². The number of hydrogen-bond donors (Lipinski definition) is 2. The molecule has 1 aromatic carbocycles. The molecule has 0 aromatic heterocycles. The van der Waals surface area contributed by atoms with Crippen LogP contribution in [0.25, 0.3) is 0 Å². The lowest BCUT2D eigenvalue weighted by atomic mass is 9.92. The van der Waals surface area contributed by atoms with Crippen molar-refractivity contribution in [3.05, 3.63) is 35.4 Å². The normalized spacial score (nSPS) is 15.3. The molecule has 19 heavy (non-hydrogen) atoms. The van der Waals surface area contributed by atoms with Crippen molar-refractivity contribution in [2.45, 2.75) is 39.2 Å². The van der Waals surface area contributed by atoms with Crippen molar-refractivity contribution in [1.82, 2.24) is 10.6 Å². The van der Waals surface area contributed by atoms with Gasteiger partial charge in [0, 0.05) is 20.1 Å². The van der Waals surface area contributed by atoms with Crippen LogP contribution in [0.15, 0.2) is 24.3 Å². The second-order valence-corrected chi connectivity index (χ2v) is 6.04. The Morgan fingerprint density at radius 2 is 2.00 bits per heavy atom. The molecule has 0 saturated heterocycles. The van der Waals surface area contributed by atoms with Crippen molar-refractivity contribution in [2.75, 3.05) is 13.6 Å². The molecule has 104 valence electrons. The van der Waals surface area contributed by atoms with Gasteiger partial charge in [-0.25, -0.2) is 0 Å². The van der Waals surface area contributed by atoms with Crippen molar-refractivity contribution >= 4 is 5.91 Å². The molecule has 1 aromatic rings. The number of carbonyl (C=O) groups is 1. The molecule has 0 aliphatic heterocycles. The van der Waals surface area contributed by atoms with Gasteiger partial charge in [0.1, 0.15) is 0 Å². The number of benzene rings is 1. The highest BCUT2D eigenvalue weighted by molar-refractivity contribution is 5.81. The molecule has 1 aliphatic carbocycles. The molecule has 2 rings (SSSR count). The van der Waals surface area contributed by atoms with E-state index in [4.69, 9.17) is 0 Å². The van der Waals surface area contributed by atoms with Gasteiger partial charge in [-0.3, -0.25) is 4.79 Å². The summed E-state index contributed by atoms with van der Waals surface area (Å²) in [6.07, 6.45) is 2.64. The van der Waals surface area contributed by atoms with Gasteiger partial charge in [0.05, 0.1) is 5.41 Å². The third-order valence-electron chi connectivity index (χ3n) is 3.80. The monoisotopic (exact) mass is 260 g/mol. The summed E-state index contributed by atoms with van der Waals surface area (Å²) in [5, 5.41) is 6.13. The Kier molecular flexibility index (Phi) is 4.25. The fourth-order valence-electron chi connectivity index (χ4n) is 2.42. The SMILES string of the molecule is CNC(=O)C(C)(C)CNCc1ccccc1C1CC1. The molecule has 0 radical (unpaired) electrons. The molecule has 0 bridgehead atoms. The first-order valence-corrected chi connectivity index (χ1v) is 7.05. The summed E-state index contributed by atoms with van der Waals surface area (Å²) in [5.41, 5.74) is 2.48. The Balaban J connectivity index is 1.91. The fourth-order valence-corrected chi connectivity index (χ4v) is 2.42. The van der Waals surface area contributed by atoms with E-state index in [1.54, 1.807) is 7.05 Å². The first-order chi connectivity index (χ1) is 9.04. The van der Waals surface area contributed by atoms with Crippen LogP contribution in [0.3, 0.4) is 0 Å². The molecular weight excluding hydrogens is 236 g/mol. The van der Waals surface area contributed by atoms with Gasteiger partial charge in [-0.2, -0.15) is 0 Å². The maximum absolute atomic E-state index is 11.7. The standard InChI is InChI=1S/C16H24N2O/c1-16(2,15(19)17-3)11-18-10-13-6-4-5-7-14(13)12-8-9-12/h4-7,12,18H,8-11H2,1-3H3,(H,17,19). The molecule has 0 spiro atoms. The van der Waals surface area contributed by atoms with E-state index in [9.17, 15) is 4.79 Å². The topological polar surface area (TPSA) is 41.1 Å². The summed E-state index contributed by atoms with van der Waals surface area (Å²) >= 11 is 0. The Hall–Kier alpha value is -1.35. The quantitative estimate of drug-likeness (QED) is 0.825. The average molecular weight is 260 g/mol. The van der Waals surface area contributed by atoms with E-state index in [0.717, 1.165) is 12.5 Å². The Morgan fingerprint density at radius 1 is 1.32 bits per heavy atom. The van der Waals surface area contributed by atoms with Gasteiger partial charge >= 0.3 is 0 Å². The third-order valence-corrected chi connectivity index (χ3v) is 3.80. The lowest BCUT2D eigenvalue weighted by Crippen LogP contribution is -2.41. The molecule has 0 heterocycles. The Labute approximate surface area is 115 Å². The minimum absolute atomic E-state index is 0.0791. The molecule has 3 heteroatoms. The molecule has 0 unspecified atom stereocenters. The maximum atomic E-state index is 11.7. The highest BCUT2D eigenvalue weighted by Crippen LogP contribution is 2.41.